The molecule has 1 aromatic rings. The molecular weight excluding hydrogens is 354 g/mol. The number of halogens is 4. The van der Waals surface area contributed by atoms with Crippen LogP contribution in [0.2, 0.25) is 0 Å². The van der Waals surface area contributed by atoms with Gasteiger partial charge in [0.2, 0.25) is 10.0 Å². The van der Waals surface area contributed by atoms with E-state index in [0.717, 1.165) is 16.4 Å². The van der Waals surface area contributed by atoms with Gasteiger partial charge >= 0.3 is 12.2 Å². The fraction of sp³-hybridized carbons (Fsp3) is 0.462. The normalized spacial score (nSPS) is 19.2. The predicted molar refractivity (Wildman–Crippen MR) is 75.9 cm³/mol. The Morgan fingerprint density at radius 1 is 1.29 bits per heavy atom. The van der Waals surface area contributed by atoms with E-state index < -0.39 is 45.7 Å². The smallest absolute Gasteiger partial charge is 0.329 e. The van der Waals surface area contributed by atoms with Crippen LogP contribution in [0, 0.1) is 5.82 Å². The number of carbonyl (C=O) groups excluding carboxylic acids is 1. The monoisotopic (exact) mass is 369 g/mol. The van der Waals surface area contributed by atoms with Crippen molar-refractivity contribution in [3.8, 4) is 0 Å². The number of sulfonamides is 1. The van der Waals surface area contributed by atoms with Crippen molar-refractivity contribution in [2.75, 3.05) is 13.1 Å². The summed E-state index contributed by atoms with van der Waals surface area (Å²) in [5.41, 5.74) is 0. The van der Waals surface area contributed by atoms with Gasteiger partial charge in [0, 0.05) is 6.54 Å². The first-order valence-corrected chi connectivity index (χ1v) is 8.43. The molecule has 0 spiro atoms. The Kier molecular flexibility index (Phi) is 5.33. The minimum absolute atomic E-state index is 0.0287. The molecule has 1 aliphatic heterocycles. The highest BCUT2D eigenvalue weighted by Gasteiger charge is 2.38. The average molecular weight is 369 g/mol. The molecule has 1 aliphatic rings. The Morgan fingerprint density at radius 3 is 2.58 bits per heavy atom. The second kappa shape index (κ2) is 6.93. The molecule has 24 heavy (non-hydrogen) atoms. The van der Waals surface area contributed by atoms with Gasteiger partial charge < -0.3 is 10.6 Å². The molecule has 1 aromatic carbocycles. The van der Waals surface area contributed by atoms with Crippen molar-refractivity contribution in [2.24, 2.45) is 0 Å². The van der Waals surface area contributed by atoms with Gasteiger partial charge in [-0.2, -0.15) is 17.5 Å². The Hall–Kier alpha value is -1.88. The highest BCUT2D eigenvalue weighted by atomic mass is 32.2. The highest BCUT2D eigenvalue weighted by Crippen LogP contribution is 2.26. The van der Waals surface area contributed by atoms with E-state index in [1.165, 1.54) is 12.1 Å². The first-order chi connectivity index (χ1) is 11.1. The van der Waals surface area contributed by atoms with Gasteiger partial charge in [0.05, 0.1) is 6.17 Å². The minimum Gasteiger partial charge on any atom is -0.329 e. The van der Waals surface area contributed by atoms with Gasteiger partial charge in [-0.25, -0.2) is 17.6 Å². The lowest BCUT2D eigenvalue weighted by molar-refractivity contribution is -0.122. The summed E-state index contributed by atoms with van der Waals surface area (Å²) in [5.74, 6) is -0.940. The summed E-state index contributed by atoms with van der Waals surface area (Å²) in [5, 5.41) is 3.77. The van der Waals surface area contributed by atoms with Gasteiger partial charge in [0.1, 0.15) is 17.3 Å². The summed E-state index contributed by atoms with van der Waals surface area (Å²) >= 11 is 0. The molecular formula is C13H15F4N3O3S. The summed E-state index contributed by atoms with van der Waals surface area (Å²) in [6, 6.07) is 3.61. The maximum atomic E-state index is 13.7. The summed E-state index contributed by atoms with van der Waals surface area (Å²) in [6.07, 6.45) is -5.01. The molecule has 0 saturated carbocycles. The maximum absolute atomic E-state index is 13.7. The second-order valence-electron chi connectivity index (χ2n) is 5.15. The van der Waals surface area contributed by atoms with Crippen molar-refractivity contribution in [1.82, 2.24) is 14.9 Å². The van der Waals surface area contributed by atoms with Crippen LogP contribution in [0.4, 0.5) is 22.4 Å². The van der Waals surface area contributed by atoms with Crippen molar-refractivity contribution in [3.05, 3.63) is 30.1 Å². The topological polar surface area (TPSA) is 78.5 Å². The van der Waals surface area contributed by atoms with Gasteiger partial charge in [-0.15, -0.1) is 0 Å². The number of nitrogens with zero attached hydrogens (tertiary/aromatic N) is 1. The maximum Gasteiger partial charge on any atom is 0.405 e. The molecule has 11 heteroatoms. The fourth-order valence-electron chi connectivity index (χ4n) is 2.34. The van der Waals surface area contributed by atoms with Gasteiger partial charge in [-0.05, 0) is 25.0 Å². The van der Waals surface area contributed by atoms with Crippen molar-refractivity contribution in [1.29, 1.82) is 0 Å². The van der Waals surface area contributed by atoms with E-state index in [2.05, 4.69) is 5.32 Å². The van der Waals surface area contributed by atoms with E-state index in [-0.39, 0.29) is 13.0 Å². The predicted octanol–water partition coefficient (Wildman–Crippen LogP) is 1.80. The molecule has 1 unspecified atom stereocenters. The number of rotatable bonds is 4. The SMILES string of the molecule is O=C(NCC(F)(F)F)NC1CCCN1S(=O)(=O)c1ccccc1F. The van der Waals surface area contributed by atoms with Gasteiger partial charge in [0.15, 0.2) is 0 Å². The summed E-state index contributed by atoms with van der Waals surface area (Å²) in [4.78, 5) is 11.0. The number of urea groups is 1. The van der Waals surface area contributed by atoms with Crippen LogP contribution < -0.4 is 10.6 Å². The molecule has 2 N–H and O–H groups in total. The average Bonchev–Trinajstić information content (AvgIpc) is 2.93. The van der Waals surface area contributed by atoms with Crippen LogP contribution in [0.15, 0.2) is 29.2 Å². The van der Waals surface area contributed by atoms with Gasteiger partial charge in [-0.1, -0.05) is 12.1 Å². The lowest BCUT2D eigenvalue weighted by Crippen LogP contribution is -2.51. The molecule has 1 saturated heterocycles. The number of alkyl halides is 3. The van der Waals surface area contributed by atoms with E-state index in [4.69, 9.17) is 0 Å². The third-order valence-corrected chi connectivity index (χ3v) is 5.32. The zero-order valence-electron chi connectivity index (χ0n) is 12.3. The van der Waals surface area contributed by atoms with Gasteiger partial charge in [0.25, 0.3) is 0 Å². The molecule has 0 aromatic heterocycles. The lowest BCUT2D eigenvalue weighted by Gasteiger charge is -2.25. The van der Waals surface area contributed by atoms with Gasteiger partial charge in [-0.3, -0.25) is 0 Å². The summed E-state index contributed by atoms with van der Waals surface area (Å²) in [7, 11) is -4.21. The van der Waals surface area contributed by atoms with Crippen molar-refractivity contribution in [2.45, 2.75) is 30.1 Å². The number of amides is 2. The molecule has 1 fully saturated rings. The van der Waals surface area contributed by atoms with Crippen molar-refractivity contribution < 1.29 is 30.8 Å². The fourth-order valence-corrected chi connectivity index (χ4v) is 4.02. The first-order valence-electron chi connectivity index (χ1n) is 6.99. The molecule has 1 heterocycles. The van der Waals surface area contributed by atoms with E-state index in [0.29, 0.717) is 6.42 Å². The first kappa shape index (κ1) is 18.5. The zero-order chi connectivity index (χ0) is 18.0. The van der Waals surface area contributed by atoms with Crippen LogP contribution in [-0.4, -0.2) is 44.2 Å². The Balaban J connectivity index is 2.10. The number of benzene rings is 1. The Labute approximate surface area is 135 Å². The minimum atomic E-state index is -4.58. The molecule has 0 aliphatic carbocycles. The van der Waals surface area contributed by atoms with Crippen LogP contribution in [0.3, 0.4) is 0 Å². The standard InChI is InChI=1S/C13H15F4N3O3S/c14-9-4-1-2-5-10(9)24(22,23)20-7-3-6-11(20)19-12(21)18-8-13(15,16)17/h1-2,4-5,11H,3,6-8H2,(H2,18,19,21). The molecule has 2 rings (SSSR count). The zero-order valence-corrected chi connectivity index (χ0v) is 13.1. The Morgan fingerprint density at radius 2 is 1.96 bits per heavy atom. The highest BCUT2D eigenvalue weighted by molar-refractivity contribution is 7.89. The molecule has 1 atom stereocenters. The second-order valence-corrected chi connectivity index (χ2v) is 7.01. The third kappa shape index (κ3) is 4.35. The summed E-state index contributed by atoms with van der Waals surface area (Å²) < 4.78 is 75.8. The van der Waals surface area contributed by atoms with E-state index >= 15 is 0 Å². The van der Waals surface area contributed by atoms with Crippen LogP contribution >= 0.6 is 0 Å². The van der Waals surface area contributed by atoms with Crippen molar-refractivity contribution in [3.63, 3.8) is 0 Å². The van der Waals surface area contributed by atoms with Crippen LogP contribution in [0.25, 0.3) is 0 Å². The van der Waals surface area contributed by atoms with E-state index in [1.807, 2.05) is 0 Å². The van der Waals surface area contributed by atoms with Crippen LogP contribution in [-0.2, 0) is 10.0 Å². The molecule has 6 nitrogen and oxygen atoms in total. The van der Waals surface area contributed by atoms with Crippen molar-refractivity contribution >= 4 is 16.1 Å². The third-order valence-electron chi connectivity index (χ3n) is 3.37. The largest absolute Gasteiger partial charge is 0.405 e. The summed E-state index contributed by atoms with van der Waals surface area (Å²) in [6.45, 7) is -1.51. The quantitative estimate of drug-likeness (QED) is 0.795. The van der Waals surface area contributed by atoms with E-state index in [1.54, 1.807) is 5.32 Å². The Bertz CT molecular complexity index is 709. The van der Waals surface area contributed by atoms with Crippen LogP contribution in [0.5, 0.6) is 0 Å². The molecule has 134 valence electrons. The molecule has 0 bridgehead atoms. The van der Waals surface area contributed by atoms with E-state index in [9.17, 15) is 30.8 Å². The number of nitrogens with one attached hydrogen (secondary N) is 2. The molecule has 0 radical (unpaired) electrons. The molecule has 2 amide bonds. The number of carbonyl (C=O) groups is 1. The lowest BCUT2D eigenvalue weighted by atomic mass is 10.3. The number of hydrogen-bond donors (Lipinski definition) is 2. The number of hydrogen-bond acceptors (Lipinski definition) is 3. The van der Waals surface area contributed by atoms with Crippen LogP contribution in [0.1, 0.15) is 12.8 Å².